The lowest BCUT2D eigenvalue weighted by Gasteiger charge is -2.40. The topological polar surface area (TPSA) is 29.1 Å². The van der Waals surface area contributed by atoms with Gasteiger partial charge in [-0.15, -0.1) is 0 Å². The predicted octanol–water partition coefficient (Wildman–Crippen LogP) is 4.19. The highest BCUT2D eigenvalue weighted by atomic mass is 19.1. The monoisotopic (exact) mass is 283 g/mol. The van der Waals surface area contributed by atoms with Crippen molar-refractivity contribution in [2.75, 3.05) is 5.32 Å². The van der Waals surface area contributed by atoms with E-state index in [0.717, 1.165) is 36.1 Å². The van der Waals surface area contributed by atoms with Crippen molar-refractivity contribution < 1.29 is 9.18 Å². The summed E-state index contributed by atoms with van der Waals surface area (Å²) in [7, 11) is 0. The van der Waals surface area contributed by atoms with E-state index in [1.807, 2.05) is 37.3 Å². The summed E-state index contributed by atoms with van der Waals surface area (Å²) >= 11 is 0. The van der Waals surface area contributed by atoms with Crippen molar-refractivity contribution in [3.05, 3.63) is 65.5 Å². The standard InChI is InChI=1S/C18H18FNO/c1-13-6-2-3-9-16(13)20-17(21)18(10-5-11-18)14-7-4-8-15(19)12-14/h2-4,6-9,12H,5,10-11H2,1H3,(H,20,21). The Balaban J connectivity index is 1.90. The second kappa shape index (κ2) is 5.32. The second-order valence-electron chi connectivity index (χ2n) is 5.72. The molecule has 0 radical (unpaired) electrons. The van der Waals surface area contributed by atoms with Gasteiger partial charge in [0.15, 0.2) is 0 Å². The molecule has 1 fully saturated rings. The van der Waals surface area contributed by atoms with Crippen LogP contribution in [0.25, 0.3) is 0 Å². The van der Waals surface area contributed by atoms with Gasteiger partial charge in [0, 0.05) is 5.69 Å². The molecule has 3 heteroatoms. The summed E-state index contributed by atoms with van der Waals surface area (Å²) in [4.78, 5) is 12.7. The van der Waals surface area contributed by atoms with Gasteiger partial charge in [0.2, 0.25) is 5.91 Å². The zero-order chi connectivity index (χ0) is 14.9. The van der Waals surface area contributed by atoms with Gasteiger partial charge in [0.25, 0.3) is 0 Å². The first kappa shape index (κ1) is 13.8. The minimum atomic E-state index is -0.579. The van der Waals surface area contributed by atoms with E-state index in [9.17, 15) is 9.18 Å². The van der Waals surface area contributed by atoms with Gasteiger partial charge in [-0.25, -0.2) is 4.39 Å². The number of aryl methyl sites for hydroxylation is 1. The third-order valence-electron chi connectivity index (χ3n) is 4.41. The summed E-state index contributed by atoms with van der Waals surface area (Å²) in [5.74, 6) is -0.323. The maximum Gasteiger partial charge on any atom is 0.235 e. The van der Waals surface area contributed by atoms with Crippen LogP contribution in [0.2, 0.25) is 0 Å². The first-order valence-electron chi connectivity index (χ1n) is 7.25. The lowest BCUT2D eigenvalue weighted by atomic mass is 9.63. The van der Waals surface area contributed by atoms with Gasteiger partial charge in [0.1, 0.15) is 5.82 Å². The maximum atomic E-state index is 13.5. The van der Waals surface area contributed by atoms with Gasteiger partial charge in [0.05, 0.1) is 5.41 Å². The molecule has 0 unspecified atom stereocenters. The molecule has 0 aromatic heterocycles. The minimum Gasteiger partial charge on any atom is -0.325 e. The number of halogens is 1. The number of carbonyl (C=O) groups is 1. The Bertz CT molecular complexity index is 676. The van der Waals surface area contributed by atoms with Crippen molar-refractivity contribution in [3.8, 4) is 0 Å². The molecule has 1 aliphatic rings. The summed E-state index contributed by atoms with van der Waals surface area (Å²) in [5.41, 5.74) is 2.05. The first-order chi connectivity index (χ1) is 10.1. The number of benzene rings is 2. The Morgan fingerprint density at radius 2 is 1.90 bits per heavy atom. The van der Waals surface area contributed by atoms with E-state index in [0.29, 0.717) is 0 Å². The van der Waals surface area contributed by atoms with E-state index in [-0.39, 0.29) is 11.7 Å². The molecule has 1 saturated carbocycles. The molecule has 2 aromatic carbocycles. The number of hydrogen-bond donors (Lipinski definition) is 1. The van der Waals surface area contributed by atoms with Crippen LogP contribution in [-0.4, -0.2) is 5.91 Å². The molecular formula is C18H18FNO. The van der Waals surface area contributed by atoms with E-state index in [1.54, 1.807) is 6.07 Å². The summed E-state index contributed by atoms with van der Waals surface area (Å²) in [6.07, 6.45) is 2.54. The molecule has 0 aliphatic heterocycles. The lowest BCUT2D eigenvalue weighted by Crippen LogP contribution is -2.46. The molecule has 2 aromatic rings. The zero-order valence-corrected chi connectivity index (χ0v) is 12.0. The number of anilines is 1. The predicted molar refractivity (Wildman–Crippen MR) is 81.7 cm³/mol. The fraction of sp³-hybridized carbons (Fsp3) is 0.278. The zero-order valence-electron chi connectivity index (χ0n) is 12.0. The summed E-state index contributed by atoms with van der Waals surface area (Å²) in [6.45, 7) is 1.96. The first-order valence-corrected chi connectivity index (χ1v) is 7.25. The summed E-state index contributed by atoms with van der Waals surface area (Å²) in [6, 6.07) is 14.1. The van der Waals surface area contributed by atoms with Crippen LogP contribution < -0.4 is 5.32 Å². The Kier molecular flexibility index (Phi) is 3.50. The van der Waals surface area contributed by atoms with Crippen molar-refractivity contribution in [3.63, 3.8) is 0 Å². The molecule has 1 amide bonds. The molecule has 21 heavy (non-hydrogen) atoms. The Labute approximate surface area is 124 Å². The number of rotatable bonds is 3. The molecule has 0 bridgehead atoms. The number of carbonyl (C=O) groups excluding carboxylic acids is 1. The molecule has 0 atom stereocenters. The Morgan fingerprint density at radius 3 is 2.52 bits per heavy atom. The van der Waals surface area contributed by atoms with Crippen LogP contribution in [0.5, 0.6) is 0 Å². The maximum absolute atomic E-state index is 13.5. The quantitative estimate of drug-likeness (QED) is 0.899. The molecular weight excluding hydrogens is 265 g/mol. The molecule has 3 rings (SSSR count). The van der Waals surface area contributed by atoms with E-state index < -0.39 is 5.41 Å². The molecule has 108 valence electrons. The molecule has 0 saturated heterocycles. The van der Waals surface area contributed by atoms with E-state index in [4.69, 9.17) is 0 Å². The number of para-hydroxylation sites is 1. The highest BCUT2D eigenvalue weighted by molar-refractivity contribution is 6.00. The van der Waals surface area contributed by atoms with E-state index >= 15 is 0 Å². The van der Waals surface area contributed by atoms with Crippen LogP contribution >= 0.6 is 0 Å². The summed E-state index contributed by atoms with van der Waals surface area (Å²) in [5, 5.41) is 3.01. The molecule has 2 nitrogen and oxygen atoms in total. The van der Waals surface area contributed by atoms with Crippen molar-refractivity contribution >= 4 is 11.6 Å². The van der Waals surface area contributed by atoms with Gasteiger partial charge < -0.3 is 5.32 Å². The number of amides is 1. The van der Waals surface area contributed by atoms with Crippen LogP contribution in [0.1, 0.15) is 30.4 Å². The number of nitrogens with one attached hydrogen (secondary N) is 1. The van der Waals surface area contributed by atoms with Crippen molar-refractivity contribution in [2.45, 2.75) is 31.6 Å². The van der Waals surface area contributed by atoms with Gasteiger partial charge >= 0.3 is 0 Å². The van der Waals surface area contributed by atoms with Crippen LogP contribution in [-0.2, 0) is 10.2 Å². The molecule has 1 N–H and O–H groups in total. The van der Waals surface area contributed by atoms with Gasteiger partial charge in [-0.2, -0.15) is 0 Å². The van der Waals surface area contributed by atoms with Gasteiger partial charge in [-0.05, 0) is 49.1 Å². The average molecular weight is 283 g/mol. The summed E-state index contributed by atoms with van der Waals surface area (Å²) < 4.78 is 13.5. The Hall–Kier alpha value is -2.16. The SMILES string of the molecule is Cc1ccccc1NC(=O)C1(c2cccc(F)c2)CCC1. The Morgan fingerprint density at radius 1 is 1.14 bits per heavy atom. The largest absolute Gasteiger partial charge is 0.325 e. The molecule has 0 spiro atoms. The van der Waals surface area contributed by atoms with Crippen LogP contribution in [0, 0.1) is 12.7 Å². The average Bonchev–Trinajstić information content (AvgIpc) is 2.40. The van der Waals surface area contributed by atoms with Crippen LogP contribution in [0.3, 0.4) is 0 Å². The van der Waals surface area contributed by atoms with Crippen molar-refractivity contribution in [1.29, 1.82) is 0 Å². The van der Waals surface area contributed by atoms with Crippen LogP contribution in [0.4, 0.5) is 10.1 Å². The van der Waals surface area contributed by atoms with E-state index in [2.05, 4.69) is 5.32 Å². The van der Waals surface area contributed by atoms with Gasteiger partial charge in [-0.3, -0.25) is 4.79 Å². The molecule has 1 aliphatic carbocycles. The fourth-order valence-electron chi connectivity index (χ4n) is 2.92. The second-order valence-corrected chi connectivity index (χ2v) is 5.72. The lowest BCUT2D eigenvalue weighted by molar-refractivity contribution is -0.124. The normalized spacial score (nSPS) is 16.1. The minimum absolute atomic E-state index is 0.0337. The van der Waals surface area contributed by atoms with Crippen LogP contribution in [0.15, 0.2) is 48.5 Å². The van der Waals surface area contributed by atoms with E-state index in [1.165, 1.54) is 12.1 Å². The fourth-order valence-corrected chi connectivity index (χ4v) is 2.92. The van der Waals surface area contributed by atoms with Crippen molar-refractivity contribution in [2.24, 2.45) is 0 Å². The third kappa shape index (κ3) is 2.44. The highest BCUT2D eigenvalue weighted by Gasteiger charge is 2.45. The highest BCUT2D eigenvalue weighted by Crippen LogP contribution is 2.44. The number of hydrogen-bond acceptors (Lipinski definition) is 1. The van der Waals surface area contributed by atoms with Gasteiger partial charge in [-0.1, -0.05) is 36.8 Å². The molecule has 0 heterocycles. The third-order valence-corrected chi connectivity index (χ3v) is 4.41. The smallest absolute Gasteiger partial charge is 0.235 e. The van der Waals surface area contributed by atoms with Crippen molar-refractivity contribution in [1.82, 2.24) is 0 Å².